The van der Waals surface area contributed by atoms with Gasteiger partial charge in [-0.05, 0) is 36.4 Å². The summed E-state index contributed by atoms with van der Waals surface area (Å²) in [6.45, 7) is 0. The number of anilines is 3. The molecule has 0 bridgehead atoms. The van der Waals surface area contributed by atoms with Crippen LogP contribution in [0.25, 0.3) is 0 Å². The molecule has 0 saturated heterocycles. The minimum absolute atomic E-state index is 0.0874. The molecular formula is C24H33N6O10P. The predicted octanol–water partition coefficient (Wildman–Crippen LogP) is 3.08. The van der Waals surface area contributed by atoms with Gasteiger partial charge >= 0.3 is 7.82 Å². The van der Waals surface area contributed by atoms with E-state index in [4.69, 9.17) is 59.8 Å². The number of nitrogens with zero attached hydrogens (tertiary/aromatic N) is 3. The van der Waals surface area contributed by atoms with Gasteiger partial charge in [-0.3, -0.25) is 0 Å². The van der Waals surface area contributed by atoms with Crippen molar-refractivity contribution in [2.45, 2.75) is 0 Å². The van der Waals surface area contributed by atoms with Crippen LogP contribution in [0.4, 0.5) is 17.1 Å². The van der Waals surface area contributed by atoms with Gasteiger partial charge in [0.05, 0.1) is 42.7 Å². The van der Waals surface area contributed by atoms with E-state index in [1.807, 2.05) is 0 Å². The van der Waals surface area contributed by atoms with Crippen molar-refractivity contribution >= 4 is 24.9 Å². The number of phosphoric acid groups is 1. The third-order valence-corrected chi connectivity index (χ3v) is 6.56. The Hall–Kier alpha value is -4.15. The van der Waals surface area contributed by atoms with Crippen LogP contribution in [0.3, 0.4) is 0 Å². The van der Waals surface area contributed by atoms with Gasteiger partial charge in [0.15, 0.2) is 0 Å². The van der Waals surface area contributed by atoms with Crippen LogP contribution in [0.1, 0.15) is 0 Å². The molecule has 0 aromatic heterocycles. The van der Waals surface area contributed by atoms with Gasteiger partial charge in [-0.15, -0.1) is 13.9 Å². The predicted molar refractivity (Wildman–Crippen MR) is 149 cm³/mol. The third-order valence-electron chi connectivity index (χ3n) is 5.43. The maximum Gasteiger partial charge on any atom is 0.543 e. The summed E-state index contributed by atoms with van der Waals surface area (Å²) >= 11 is 0. The zero-order valence-corrected chi connectivity index (χ0v) is 24.2. The van der Waals surface area contributed by atoms with Crippen LogP contribution < -0.4 is 61.5 Å². The summed E-state index contributed by atoms with van der Waals surface area (Å²) in [6.07, 6.45) is 0. The summed E-state index contributed by atoms with van der Waals surface area (Å²) in [4.78, 5) is 0. The molecule has 41 heavy (non-hydrogen) atoms. The van der Waals surface area contributed by atoms with E-state index in [1.54, 1.807) is 36.4 Å². The number of rotatable bonds is 15. The van der Waals surface area contributed by atoms with Gasteiger partial charge in [-0.1, -0.05) is 0 Å². The highest BCUT2D eigenvalue weighted by molar-refractivity contribution is 7.48. The second kappa shape index (κ2) is 14.0. The van der Waals surface area contributed by atoms with Crippen molar-refractivity contribution in [1.29, 1.82) is 0 Å². The summed E-state index contributed by atoms with van der Waals surface area (Å²) in [5.41, 5.74) is 0.262. The first kappa shape index (κ1) is 31.4. The lowest BCUT2D eigenvalue weighted by Crippen LogP contribution is -2.38. The van der Waals surface area contributed by atoms with Gasteiger partial charge in [-0.25, -0.2) is 22.1 Å². The van der Waals surface area contributed by atoms with Crippen molar-refractivity contribution in [3.8, 4) is 34.5 Å². The lowest BCUT2D eigenvalue weighted by Gasteiger charge is -2.30. The first-order valence-electron chi connectivity index (χ1n) is 11.6. The molecule has 0 aliphatic heterocycles. The van der Waals surface area contributed by atoms with E-state index in [2.05, 4.69) is 0 Å². The standard InChI is InChI=1S/C24H33N6O10P/c1-32-16-7-10-22(35-4)19(13-16)28(25)38-41(31,39-29(26)20-14-17(33-2)8-11-23(20)36-5)40-30(27)21-15-18(34-3)9-12-24(21)37-6/h7-15H,25-27H2,1-6H3. The van der Waals surface area contributed by atoms with Crippen molar-refractivity contribution in [3.05, 3.63) is 54.6 Å². The summed E-state index contributed by atoms with van der Waals surface area (Å²) in [5.74, 6) is 20.3. The molecule has 224 valence electrons. The molecule has 17 heteroatoms. The molecule has 3 aromatic carbocycles. The SMILES string of the molecule is COc1ccc(OC)c(N(N)OP(=O)(ON(N)c2cc(OC)ccc2OC)ON(N)c2cc(OC)ccc2OC)c1. The molecule has 6 N–H and O–H groups in total. The van der Waals surface area contributed by atoms with Gasteiger partial charge < -0.3 is 28.4 Å². The van der Waals surface area contributed by atoms with Gasteiger partial charge in [-0.2, -0.15) is 15.5 Å². The average Bonchev–Trinajstić information content (AvgIpc) is 2.99. The fraction of sp³-hybridized carbons (Fsp3) is 0.250. The zero-order valence-electron chi connectivity index (χ0n) is 23.3. The average molecular weight is 597 g/mol. The highest BCUT2D eigenvalue weighted by atomic mass is 31.2. The Balaban J connectivity index is 2.04. The number of hydrogen-bond acceptors (Lipinski definition) is 16. The number of hydrogen-bond donors (Lipinski definition) is 3. The largest absolute Gasteiger partial charge is 0.543 e. The fourth-order valence-corrected chi connectivity index (χ4v) is 4.41. The van der Waals surface area contributed by atoms with E-state index in [0.29, 0.717) is 32.8 Å². The van der Waals surface area contributed by atoms with Crippen molar-refractivity contribution < 1.29 is 46.9 Å². The Morgan fingerprint density at radius 2 is 0.756 bits per heavy atom. The van der Waals surface area contributed by atoms with Crippen molar-refractivity contribution in [1.82, 2.24) is 0 Å². The number of hydrazine groups is 3. The smallest absolute Gasteiger partial charge is 0.497 e. The molecule has 16 nitrogen and oxygen atoms in total. The Bertz CT molecular complexity index is 1210. The second-order valence-electron chi connectivity index (χ2n) is 7.78. The highest BCUT2D eigenvalue weighted by Crippen LogP contribution is 2.54. The normalized spacial score (nSPS) is 11.0. The summed E-state index contributed by atoms with van der Waals surface area (Å²) in [6, 6.07) is 13.9. The molecule has 0 fully saturated rings. The molecule has 0 saturated carbocycles. The number of nitrogens with two attached hydrogens (primary N) is 3. The Morgan fingerprint density at radius 1 is 0.488 bits per heavy atom. The summed E-state index contributed by atoms with van der Waals surface area (Å²) in [7, 11) is 3.62. The van der Waals surface area contributed by atoms with Crippen LogP contribution >= 0.6 is 7.82 Å². The maximum atomic E-state index is 14.2. The van der Waals surface area contributed by atoms with E-state index in [1.165, 1.54) is 60.9 Å². The summed E-state index contributed by atoms with van der Waals surface area (Å²) in [5, 5.41) is 1.78. The van der Waals surface area contributed by atoms with Gasteiger partial charge in [0.2, 0.25) is 0 Å². The minimum Gasteiger partial charge on any atom is -0.497 e. The molecule has 0 heterocycles. The molecule has 0 amide bonds. The molecule has 0 unspecified atom stereocenters. The third kappa shape index (κ3) is 7.53. The highest BCUT2D eigenvalue weighted by Gasteiger charge is 2.39. The topological polar surface area (TPSA) is 188 Å². The van der Waals surface area contributed by atoms with E-state index in [-0.39, 0.29) is 34.3 Å². The first-order valence-corrected chi connectivity index (χ1v) is 13.1. The van der Waals surface area contributed by atoms with Crippen LogP contribution in [0, 0.1) is 0 Å². The minimum atomic E-state index is -4.93. The van der Waals surface area contributed by atoms with Crippen LogP contribution in [0.5, 0.6) is 34.5 Å². The summed E-state index contributed by atoms with van der Waals surface area (Å²) < 4.78 is 62.4. The molecule has 3 aromatic rings. The second-order valence-corrected chi connectivity index (χ2v) is 9.17. The number of methoxy groups -OCH3 is 6. The number of ether oxygens (including phenoxy) is 6. The first-order chi connectivity index (χ1) is 19.6. The van der Waals surface area contributed by atoms with Crippen molar-refractivity contribution in [2.75, 3.05) is 58.2 Å². The molecule has 0 aliphatic rings. The zero-order chi connectivity index (χ0) is 30.2. The quantitative estimate of drug-likeness (QED) is 0.132. The molecule has 0 atom stereocenters. The maximum absolute atomic E-state index is 14.2. The Labute approximate surface area is 236 Å². The lowest BCUT2D eigenvalue weighted by atomic mass is 10.3. The molecular weight excluding hydrogens is 563 g/mol. The van der Waals surface area contributed by atoms with E-state index >= 15 is 0 Å². The van der Waals surface area contributed by atoms with E-state index in [9.17, 15) is 4.57 Å². The van der Waals surface area contributed by atoms with Crippen LogP contribution in [-0.2, 0) is 18.4 Å². The molecule has 3 rings (SSSR count). The lowest BCUT2D eigenvalue weighted by molar-refractivity contribution is 0.0848. The van der Waals surface area contributed by atoms with Crippen LogP contribution in [0.2, 0.25) is 0 Å². The van der Waals surface area contributed by atoms with Gasteiger partial charge in [0.1, 0.15) is 51.6 Å². The van der Waals surface area contributed by atoms with Gasteiger partial charge in [0.25, 0.3) is 0 Å². The van der Waals surface area contributed by atoms with Crippen LogP contribution in [-0.4, -0.2) is 42.7 Å². The van der Waals surface area contributed by atoms with Crippen molar-refractivity contribution in [3.63, 3.8) is 0 Å². The molecule has 0 spiro atoms. The Morgan fingerprint density at radius 3 is 0.976 bits per heavy atom. The molecule has 0 radical (unpaired) electrons. The fourth-order valence-electron chi connectivity index (χ4n) is 3.41. The Kier molecular flexibility index (Phi) is 10.7. The monoisotopic (exact) mass is 596 g/mol. The van der Waals surface area contributed by atoms with Gasteiger partial charge in [0, 0.05) is 18.2 Å². The van der Waals surface area contributed by atoms with E-state index in [0.717, 1.165) is 0 Å². The number of benzene rings is 3. The van der Waals surface area contributed by atoms with Crippen LogP contribution in [0.15, 0.2) is 54.6 Å². The molecule has 0 aliphatic carbocycles. The van der Waals surface area contributed by atoms with Crippen molar-refractivity contribution in [2.24, 2.45) is 17.5 Å². The van der Waals surface area contributed by atoms with E-state index < -0.39 is 7.82 Å².